The zero-order valence-corrected chi connectivity index (χ0v) is 14.0. The maximum Gasteiger partial charge on any atom is 0.251 e. The van der Waals surface area contributed by atoms with Crippen molar-refractivity contribution in [1.29, 1.82) is 5.26 Å². The fraction of sp³-hybridized carbons (Fsp3) is 0.118. The van der Waals surface area contributed by atoms with Gasteiger partial charge in [-0.1, -0.05) is 41.4 Å². The van der Waals surface area contributed by atoms with Gasteiger partial charge in [-0.05, 0) is 29.8 Å². The van der Waals surface area contributed by atoms with Gasteiger partial charge in [0.25, 0.3) is 5.91 Å². The van der Waals surface area contributed by atoms with Gasteiger partial charge in [-0.25, -0.2) is 0 Å². The van der Waals surface area contributed by atoms with E-state index in [4.69, 9.17) is 28.5 Å². The van der Waals surface area contributed by atoms with Crippen molar-refractivity contribution < 1.29 is 9.59 Å². The van der Waals surface area contributed by atoms with E-state index in [9.17, 15) is 9.59 Å². The smallest absolute Gasteiger partial charge is 0.251 e. The van der Waals surface area contributed by atoms with Crippen LogP contribution in [-0.4, -0.2) is 11.8 Å². The van der Waals surface area contributed by atoms with E-state index in [2.05, 4.69) is 10.6 Å². The number of amides is 2. The number of carbonyl (C=O) groups is 2. The maximum atomic E-state index is 12.2. The molecule has 2 amide bonds. The Labute approximate surface area is 149 Å². The number of rotatable bonds is 5. The predicted molar refractivity (Wildman–Crippen MR) is 92.9 cm³/mol. The quantitative estimate of drug-likeness (QED) is 0.849. The van der Waals surface area contributed by atoms with Crippen LogP contribution in [0, 0.1) is 11.3 Å². The van der Waals surface area contributed by atoms with Crippen LogP contribution in [0.4, 0.5) is 5.69 Å². The van der Waals surface area contributed by atoms with E-state index >= 15 is 0 Å². The van der Waals surface area contributed by atoms with Gasteiger partial charge in [0.1, 0.15) is 6.42 Å². The van der Waals surface area contributed by atoms with Crippen LogP contribution in [0.15, 0.2) is 42.5 Å². The van der Waals surface area contributed by atoms with E-state index in [1.807, 2.05) is 0 Å². The number of carbonyl (C=O) groups excluding carboxylic acids is 2. The number of hydrogen-bond acceptors (Lipinski definition) is 3. The summed E-state index contributed by atoms with van der Waals surface area (Å²) >= 11 is 11.7. The highest BCUT2D eigenvalue weighted by Crippen LogP contribution is 2.22. The third-order valence-corrected chi connectivity index (χ3v) is 3.89. The van der Waals surface area contributed by atoms with Crippen molar-refractivity contribution in [3.05, 3.63) is 63.6 Å². The Morgan fingerprint density at radius 1 is 1.08 bits per heavy atom. The second-order valence-electron chi connectivity index (χ2n) is 4.85. The van der Waals surface area contributed by atoms with Gasteiger partial charge in [-0.3, -0.25) is 9.59 Å². The highest BCUT2D eigenvalue weighted by atomic mass is 35.5. The van der Waals surface area contributed by atoms with E-state index in [1.165, 1.54) is 6.07 Å². The first-order chi connectivity index (χ1) is 11.5. The van der Waals surface area contributed by atoms with Crippen LogP contribution in [0.25, 0.3) is 0 Å². The average Bonchev–Trinajstić information content (AvgIpc) is 2.56. The molecule has 2 N–H and O–H groups in total. The first kappa shape index (κ1) is 17.8. The number of nitrogens with one attached hydrogen (secondary N) is 2. The maximum absolute atomic E-state index is 12.2. The van der Waals surface area contributed by atoms with Gasteiger partial charge >= 0.3 is 0 Å². The van der Waals surface area contributed by atoms with Crippen molar-refractivity contribution >= 4 is 40.7 Å². The Kier molecular flexibility index (Phi) is 6.19. The molecule has 2 rings (SSSR count). The van der Waals surface area contributed by atoms with Crippen molar-refractivity contribution in [2.24, 2.45) is 0 Å². The van der Waals surface area contributed by atoms with E-state index < -0.39 is 5.91 Å². The molecule has 2 aromatic rings. The molecule has 0 radical (unpaired) electrons. The molecule has 122 valence electrons. The lowest BCUT2D eigenvalue weighted by Gasteiger charge is -2.11. The summed E-state index contributed by atoms with van der Waals surface area (Å²) in [5.41, 5.74) is 1.65. The largest absolute Gasteiger partial charge is 0.348 e. The summed E-state index contributed by atoms with van der Waals surface area (Å²) in [5.74, 6) is -0.715. The minimum absolute atomic E-state index is 0.210. The summed E-state index contributed by atoms with van der Waals surface area (Å²) in [4.78, 5) is 23.7. The fourth-order valence-corrected chi connectivity index (χ4v) is 2.28. The van der Waals surface area contributed by atoms with Gasteiger partial charge in [0.2, 0.25) is 5.91 Å². The Balaban J connectivity index is 2.06. The molecular formula is C17H13Cl2N3O2. The Bertz CT molecular complexity index is 816. The molecule has 24 heavy (non-hydrogen) atoms. The van der Waals surface area contributed by atoms with Gasteiger partial charge in [0.05, 0.1) is 16.1 Å². The predicted octanol–water partition coefficient (Wildman–Crippen LogP) is 3.78. The minimum Gasteiger partial charge on any atom is -0.348 e. The highest BCUT2D eigenvalue weighted by molar-refractivity contribution is 6.42. The van der Waals surface area contributed by atoms with Crippen LogP contribution < -0.4 is 10.6 Å². The number of benzene rings is 2. The van der Waals surface area contributed by atoms with Gasteiger partial charge in [-0.15, -0.1) is 0 Å². The summed E-state index contributed by atoms with van der Waals surface area (Å²) in [6.45, 7) is 0.210. The molecule has 0 aliphatic heterocycles. The van der Waals surface area contributed by atoms with E-state index in [1.54, 1.807) is 42.5 Å². The van der Waals surface area contributed by atoms with Crippen LogP contribution in [0.2, 0.25) is 10.0 Å². The molecular weight excluding hydrogens is 349 g/mol. The van der Waals surface area contributed by atoms with Crippen molar-refractivity contribution in [3.63, 3.8) is 0 Å². The number of hydrogen-bond donors (Lipinski definition) is 2. The number of halogens is 2. The monoisotopic (exact) mass is 361 g/mol. The molecule has 0 atom stereocenters. The van der Waals surface area contributed by atoms with Gasteiger partial charge in [0, 0.05) is 17.8 Å². The zero-order valence-electron chi connectivity index (χ0n) is 12.5. The minimum atomic E-state index is -0.402. The molecule has 0 saturated heterocycles. The van der Waals surface area contributed by atoms with Crippen LogP contribution >= 0.6 is 23.2 Å². The number of nitrogens with zero attached hydrogens (tertiary/aromatic N) is 1. The lowest BCUT2D eigenvalue weighted by molar-refractivity contribution is -0.115. The molecule has 5 nitrogen and oxygen atoms in total. The number of anilines is 1. The number of para-hydroxylation sites is 1. The SMILES string of the molecule is N#CCC(=O)Nc1ccccc1CNC(=O)c1ccc(Cl)c(Cl)c1. The Hall–Kier alpha value is -2.55. The average molecular weight is 362 g/mol. The summed E-state index contributed by atoms with van der Waals surface area (Å²) < 4.78 is 0. The second-order valence-corrected chi connectivity index (χ2v) is 5.67. The van der Waals surface area contributed by atoms with Crippen LogP contribution in [-0.2, 0) is 11.3 Å². The van der Waals surface area contributed by atoms with Crippen LogP contribution in [0.5, 0.6) is 0 Å². The second kappa shape index (κ2) is 8.34. The molecule has 7 heteroatoms. The molecule has 0 aromatic heterocycles. The van der Waals surface area contributed by atoms with E-state index in [-0.39, 0.29) is 18.9 Å². The Morgan fingerprint density at radius 3 is 2.54 bits per heavy atom. The van der Waals surface area contributed by atoms with Crippen molar-refractivity contribution in [1.82, 2.24) is 5.32 Å². The molecule has 0 aliphatic carbocycles. The van der Waals surface area contributed by atoms with Crippen LogP contribution in [0.1, 0.15) is 22.3 Å². The molecule has 0 aliphatic rings. The molecule has 0 unspecified atom stereocenters. The van der Waals surface area contributed by atoms with Crippen LogP contribution in [0.3, 0.4) is 0 Å². The highest BCUT2D eigenvalue weighted by Gasteiger charge is 2.10. The van der Waals surface area contributed by atoms with E-state index in [0.717, 1.165) is 5.56 Å². The van der Waals surface area contributed by atoms with Gasteiger partial charge in [0.15, 0.2) is 0 Å². The molecule has 0 heterocycles. The molecule has 0 saturated carbocycles. The zero-order chi connectivity index (χ0) is 17.5. The van der Waals surface area contributed by atoms with Gasteiger partial charge in [-0.2, -0.15) is 5.26 Å². The first-order valence-corrected chi connectivity index (χ1v) is 7.75. The topological polar surface area (TPSA) is 82.0 Å². The number of nitriles is 1. The Morgan fingerprint density at radius 2 is 1.83 bits per heavy atom. The third kappa shape index (κ3) is 4.72. The molecule has 0 bridgehead atoms. The standard InChI is InChI=1S/C17H13Cl2N3O2/c18-13-6-5-11(9-14(13)19)17(24)21-10-12-3-1-2-4-15(12)22-16(23)7-8-20/h1-6,9H,7,10H2,(H,21,24)(H,22,23). The third-order valence-electron chi connectivity index (χ3n) is 3.15. The molecule has 0 fully saturated rings. The normalized spacial score (nSPS) is 9.88. The summed E-state index contributed by atoms with van der Waals surface area (Å²) in [5, 5.41) is 14.6. The summed E-state index contributed by atoms with van der Waals surface area (Å²) in [7, 11) is 0. The van der Waals surface area contributed by atoms with Crippen molar-refractivity contribution in [2.75, 3.05) is 5.32 Å². The molecule has 2 aromatic carbocycles. The fourth-order valence-electron chi connectivity index (χ4n) is 1.98. The summed E-state index contributed by atoms with van der Waals surface area (Å²) in [6.07, 6.45) is -0.232. The van der Waals surface area contributed by atoms with E-state index in [0.29, 0.717) is 21.3 Å². The van der Waals surface area contributed by atoms with Crippen molar-refractivity contribution in [3.8, 4) is 6.07 Å². The molecule has 0 spiro atoms. The summed E-state index contributed by atoms with van der Waals surface area (Å²) in [6, 6.07) is 13.4. The van der Waals surface area contributed by atoms with Crippen molar-refractivity contribution in [2.45, 2.75) is 13.0 Å². The van der Waals surface area contributed by atoms with Gasteiger partial charge < -0.3 is 10.6 Å². The first-order valence-electron chi connectivity index (χ1n) is 6.99. The lowest BCUT2D eigenvalue weighted by atomic mass is 10.1. The lowest BCUT2D eigenvalue weighted by Crippen LogP contribution is -2.23.